The Balaban J connectivity index is 2.86. The number of carbonyl (C=O) groups is 1. The van der Waals surface area contributed by atoms with Crippen LogP contribution >= 0.6 is 0 Å². The Hall–Kier alpha value is -1.40. The van der Waals surface area contributed by atoms with Crippen LogP contribution in [0.1, 0.15) is 52.6 Å². The first-order valence-corrected chi connectivity index (χ1v) is 9.55. The fourth-order valence-corrected chi connectivity index (χ4v) is 3.85. The van der Waals surface area contributed by atoms with Crippen LogP contribution in [0.4, 0.5) is 0 Å². The summed E-state index contributed by atoms with van der Waals surface area (Å²) in [7, 11) is -3.44. The van der Waals surface area contributed by atoms with Crippen molar-refractivity contribution in [2.45, 2.75) is 52.0 Å². The molecule has 0 aliphatic carbocycles. The highest BCUT2D eigenvalue weighted by atomic mass is 32.2. The number of rotatable bonds is 8. The van der Waals surface area contributed by atoms with Gasteiger partial charge in [0.05, 0.1) is 10.9 Å². The molecule has 0 spiro atoms. The predicted octanol–water partition coefficient (Wildman–Crippen LogP) is 2.94. The van der Waals surface area contributed by atoms with Gasteiger partial charge in [-0.3, -0.25) is 4.79 Å². The molecule has 0 saturated carbocycles. The zero-order valence-electron chi connectivity index (χ0n) is 14.7. The van der Waals surface area contributed by atoms with Crippen LogP contribution in [0, 0.1) is 5.92 Å². The minimum atomic E-state index is -3.44. The number of hydrogen-bond donors (Lipinski definition) is 1. The summed E-state index contributed by atoms with van der Waals surface area (Å²) in [6, 6.07) is 6.58. The van der Waals surface area contributed by atoms with E-state index in [0.29, 0.717) is 25.4 Å². The molecule has 1 amide bonds. The maximum absolute atomic E-state index is 12.4. The van der Waals surface area contributed by atoms with E-state index in [1.54, 1.807) is 24.3 Å². The van der Waals surface area contributed by atoms with Gasteiger partial charge in [-0.15, -0.1) is 0 Å². The monoisotopic (exact) mass is 340 g/mol. The average molecular weight is 340 g/mol. The van der Waals surface area contributed by atoms with Crippen LogP contribution in [0.15, 0.2) is 29.2 Å². The van der Waals surface area contributed by atoms with Crippen LogP contribution in [-0.4, -0.2) is 31.7 Å². The van der Waals surface area contributed by atoms with Crippen molar-refractivity contribution in [2.75, 3.05) is 13.1 Å². The molecule has 0 aliphatic heterocycles. The summed E-state index contributed by atoms with van der Waals surface area (Å²) in [5.41, 5.74) is 0.889. The SMILES string of the molecule is CCN(CC)S(=O)(=O)c1ccc(C(C)NC(=O)CC(C)C)cc1. The smallest absolute Gasteiger partial charge is 0.243 e. The molecule has 1 aromatic carbocycles. The summed E-state index contributed by atoms with van der Waals surface area (Å²) in [6.45, 7) is 10.4. The molecule has 130 valence electrons. The van der Waals surface area contributed by atoms with E-state index in [2.05, 4.69) is 5.32 Å². The van der Waals surface area contributed by atoms with Crippen molar-refractivity contribution in [3.63, 3.8) is 0 Å². The van der Waals surface area contributed by atoms with Crippen molar-refractivity contribution in [2.24, 2.45) is 5.92 Å². The van der Waals surface area contributed by atoms with Gasteiger partial charge in [0.1, 0.15) is 0 Å². The predicted molar refractivity (Wildman–Crippen MR) is 92.6 cm³/mol. The van der Waals surface area contributed by atoms with Gasteiger partial charge in [-0.1, -0.05) is 39.8 Å². The molecule has 23 heavy (non-hydrogen) atoms. The minimum absolute atomic E-state index is 0.00680. The van der Waals surface area contributed by atoms with Crippen LogP contribution in [0.25, 0.3) is 0 Å². The lowest BCUT2D eigenvalue weighted by Gasteiger charge is -2.19. The van der Waals surface area contributed by atoms with Crippen molar-refractivity contribution in [3.8, 4) is 0 Å². The van der Waals surface area contributed by atoms with Gasteiger partial charge < -0.3 is 5.32 Å². The van der Waals surface area contributed by atoms with E-state index in [4.69, 9.17) is 0 Å². The van der Waals surface area contributed by atoms with E-state index in [0.717, 1.165) is 5.56 Å². The maximum Gasteiger partial charge on any atom is 0.243 e. The van der Waals surface area contributed by atoms with E-state index in [-0.39, 0.29) is 16.8 Å². The fourth-order valence-electron chi connectivity index (χ4n) is 2.40. The first-order chi connectivity index (χ1) is 10.7. The van der Waals surface area contributed by atoms with Gasteiger partial charge in [-0.05, 0) is 30.5 Å². The highest BCUT2D eigenvalue weighted by Gasteiger charge is 2.21. The number of nitrogens with zero attached hydrogens (tertiary/aromatic N) is 1. The molecule has 1 unspecified atom stereocenters. The topological polar surface area (TPSA) is 66.5 Å². The fraction of sp³-hybridized carbons (Fsp3) is 0.588. The molecule has 0 aliphatic rings. The minimum Gasteiger partial charge on any atom is -0.350 e. The van der Waals surface area contributed by atoms with E-state index >= 15 is 0 Å². The number of hydrogen-bond acceptors (Lipinski definition) is 3. The first-order valence-electron chi connectivity index (χ1n) is 8.11. The Morgan fingerprint density at radius 3 is 2.04 bits per heavy atom. The maximum atomic E-state index is 12.4. The van der Waals surface area contributed by atoms with Crippen LogP contribution in [-0.2, 0) is 14.8 Å². The van der Waals surface area contributed by atoms with Crippen molar-refractivity contribution >= 4 is 15.9 Å². The third-order valence-corrected chi connectivity index (χ3v) is 5.76. The van der Waals surface area contributed by atoms with Gasteiger partial charge >= 0.3 is 0 Å². The Labute approximate surface area is 140 Å². The second-order valence-corrected chi connectivity index (χ2v) is 7.98. The van der Waals surface area contributed by atoms with Crippen LogP contribution in [0.5, 0.6) is 0 Å². The van der Waals surface area contributed by atoms with Crippen molar-refractivity contribution in [3.05, 3.63) is 29.8 Å². The molecular weight excluding hydrogens is 312 g/mol. The Bertz CT molecular complexity index is 605. The summed E-state index contributed by atoms with van der Waals surface area (Å²) < 4.78 is 26.3. The largest absolute Gasteiger partial charge is 0.350 e. The molecule has 1 aromatic rings. The molecule has 1 rings (SSSR count). The first kappa shape index (κ1) is 19.6. The standard InChI is InChI=1S/C17H28N2O3S/c1-6-19(7-2)23(21,22)16-10-8-15(9-11-16)14(5)18-17(20)12-13(3)4/h8-11,13-14H,6-7,12H2,1-5H3,(H,18,20). The summed E-state index contributed by atoms with van der Waals surface area (Å²) in [6.07, 6.45) is 0.485. The number of sulfonamides is 1. The summed E-state index contributed by atoms with van der Waals surface area (Å²) in [5, 5.41) is 2.93. The highest BCUT2D eigenvalue weighted by Crippen LogP contribution is 2.19. The zero-order chi connectivity index (χ0) is 17.6. The lowest BCUT2D eigenvalue weighted by molar-refractivity contribution is -0.122. The number of carbonyl (C=O) groups excluding carboxylic acids is 1. The van der Waals surface area contributed by atoms with Crippen LogP contribution in [0.3, 0.4) is 0 Å². The van der Waals surface area contributed by atoms with Gasteiger partial charge in [-0.2, -0.15) is 4.31 Å². The molecule has 1 N–H and O–H groups in total. The average Bonchev–Trinajstić information content (AvgIpc) is 2.47. The van der Waals surface area contributed by atoms with Gasteiger partial charge in [0.25, 0.3) is 0 Å². The summed E-state index contributed by atoms with van der Waals surface area (Å²) in [4.78, 5) is 12.1. The Morgan fingerprint density at radius 1 is 1.09 bits per heavy atom. The Morgan fingerprint density at radius 2 is 1.61 bits per heavy atom. The Kier molecular flexibility index (Phi) is 7.22. The third kappa shape index (κ3) is 5.32. The molecule has 0 fully saturated rings. The lowest BCUT2D eigenvalue weighted by atomic mass is 10.1. The van der Waals surface area contributed by atoms with Crippen molar-refractivity contribution in [1.82, 2.24) is 9.62 Å². The molecular formula is C17H28N2O3S. The van der Waals surface area contributed by atoms with Crippen LogP contribution < -0.4 is 5.32 Å². The molecule has 6 heteroatoms. The summed E-state index contributed by atoms with van der Waals surface area (Å²) >= 11 is 0. The van der Waals surface area contributed by atoms with Gasteiger partial charge in [0, 0.05) is 19.5 Å². The van der Waals surface area contributed by atoms with Gasteiger partial charge in [0.15, 0.2) is 0 Å². The lowest BCUT2D eigenvalue weighted by Crippen LogP contribution is -2.30. The molecule has 0 heterocycles. The molecule has 0 radical (unpaired) electrons. The highest BCUT2D eigenvalue weighted by molar-refractivity contribution is 7.89. The quantitative estimate of drug-likeness (QED) is 0.791. The molecule has 0 aromatic heterocycles. The normalized spacial score (nSPS) is 13.3. The molecule has 5 nitrogen and oxygen atoms in total. The summed E-state index contributed by atoms with van der Waals surface area (Å²) in [5.74, 6) is 0.316. The molecule has 1 atom stereocenters. The number of amides is 1. The third-order valence-electron chi connectivity index (χ3n) is 3.69. The van der Waals surface area contributed by atoms with Gasteiger partial charge in [-0.25, -0.2) is 8.42 Å². The van der Waals surface area contributed by atoms with E-state index in [9.17, 15) is 13.2 Å². The number of nitrogens with one attached hydrogen (secondary N) is 1. The van der Waals surface area contributed by atoms with Gasteiger partial charge in [0.2, 0.25) is 15.9 Å². The zero-order valence-corrected chi connectivity index (χ0v) is 15.5. The van der Waals surface area contributed by atoms with Crippen LogP contribution in [0.2, 0.25) is 0 Å². The number of benzene rings is 1. The van der Waals surface area contributed by atoms with E-state index < -0.39 is 10.0 Å². The van der Waals surface area contributed by atoms with E-state index in [1.807, 2.05) is 34.6 Å². The second kappa shape index (κ2) is 8.45. The second-order valence-electron chi connectivity index (χ2n) is 6.05. The van der Waals surface area contributed by atoms with Crippen molar-refractivity contribution in [1.29, 1.82) is 0 Å². The van der Waals surface area contributed by atoms with Crippen molar-refractivity contribution < 1.29 is 13.2 Å². The molecule has 0 saturated heterocycles. The molecule has 0 bridgehead atoms. The van der Waals surface area contributed by atoms with E-state index in [1.165, 1.54) is 4.31 Å².